The van der Waals surface area contributed by atoms with Crippen molar-refractivity contribution >= 4 is 29.9 Å². The molecule has 0 radical (unpaired) electrons. The Labute approximate surface area is 158 Å². The third kappa shape index (κ3) is 6.20. The molecule has 2 N–H and O–H groups in total. The van der Waals surface area contributed by atoms with Crippen molar-refractivity contribution in [3.8, 4) is 18.0 Å². The topological polar surface area (TPSA) is 54.2 Å². The number of halogens is 2. The van der Waals surface area contributed by atoms with Crippen molar-refractivity contribution in [2.75, 3.05) is 19.6 Å². The van der Waals surface area contributed by atoms with Crippen LogP contribution in [0.25, 0.3) is 5.69 Å². The van der Waals surface area contributed by atoms with Gasteiger partial charge in [-0.05, 0) is 37.3 Å². The average molecular weight is 441 g/mol. The summed E-state index contributed by atoms with van der Waals surface area (Å²) in [4.78, 5) is 4.44. The number of aromatic nitrogens is 2. The minimum absolute atomic E-state index is 0. The van der Waals surface area contributed by atoms with Crippen LogP contribution in [-0.4, -0.2) is 35.4 Å². The van der Waals surface area contributed by atoms with Crippen molar-refractivity contribution in [3.63, 3.8) is 0 Å². The van der Waals surface area contributed by atoms with E-state index >= 15 is 0 Å². The predicted octanol–water partition coefficient (Wildman–Crippen LogP) is 2.36. The van der Waals surface area contributed by atoms with Crippen LogP contribution in [0.2, 0.25) is 0 Å². The Kier molecular flexibility index (Phi) is 8.86. The summed E-state index contributed by atoms with van der Waals surface area (Å²) in [5.74, 6) is 2.96. The van der Waals surface area contributed by atoms with Gasteiger partial charge in [-0.25, -0.2) is 9.07 Å². The lowest BCUT2D eigenvalue weighted by molar-refractivity contribution is 0.627. The minimum Gasteiger partial charge on any atom is -0.357 e. The van der Waals surface area contributed by atoms with Crippen molar-refractivity contribution in [2.24, 2.45) is 4.99 Å². The van der Waals surface area contributed by atoms with E-state index < -0.39 is 0 Å². The molecule has 0 aliphatic rings. The molecular weight excluding hydrogens is 420 g/mol. The number of guanidine groups is 1. The van der Waals surface area contributed by atoms with E-state index in [-0.39, 0.29) is 29.8 Å². The molecule has 128 valence electrons. The zero-order chi connectivity index (χ0) is 16.5. The van der Waals surface area contributed by atoms with Crippen molar-refractivity contribution in [1.29, 1.82) is 0 Å². The van der Waals surface area contributed by atoms with Crippen molar-refractivity contribution in [3.05, 3.63) is 48.0 Å². The molecule has 0 amide bonds. The SMILES string of the molecule is C#CCNC(=NCCc1ccn(-c2ccc(F)cc2)n1)NCC.I. The van der Waals surface area contributed by atoms with E-state index in [9.17, 15) is 4.39 Å². The van der Waals surface area contributed by atoms with E-state index in [1.54, 1.807) is 16.8 Å². The first kappa shape index (κ1) is 20.0. The first-order valence-corrected chi connectivity index (χ1v) is 7.49. The molecule has 1 heterocycles. The van der Waals surface area contributed by atoms with E-state index in [4.69, 9.17) is 6.42 Å². The van der Waals surface area contributed by atoms with Crippen molar-refractivity contribution in [1.82, 2.24) is 20.4 Å². The molecule has 2 aromatic rings. The van der Waals surface area contributed by atoms with Crippen LogP contribution in [0.15, 0.2) is 41.5 Å². The van der Waals surface area contributed by atoms with Crippen LogP contribution in [0.1, 0.15) is 12.6 Å². The molecule has 0 atom stereocenters. The lowest BCUT2D eigenvalue weighted by Crippen LogP contribution is -2.37. The third-order valence-corrected chi connectivity index (χ3v) is 3.08. The van der Waals surface area contributed by atoms with E-state index in [0.29, 0.717) is 25.5 Å². The van der Waals surface area contributed by atoms with E-state index in [1.807, 2.05) is 19.2 Å². The van der Waals surface area contributed by atoms with Gasteiger partial charge in [0.25, 0.3) is 0 Å². The van der Waals surface area contributed by atoms with E-state index in [1.165, 1.54) is 12.1 Å². The highest BCUT2D eigenvalue weighted by Gasteiger charge is 2.02. The first-order valence-electron chi connectivity index (χ1n) is 7.49. The fraction of sp³-hybridized carbons (Fsp3) is 0.294. The van der Waals surface area contributed by atoms with Gasteiger partial charge >= 0.3 is 0 Å². The Bertz CT molecular complexity index is 688. The molecule has 0 spiro atoms. The van der Waals surface area contributed by atoms with E-state index in [2.05, 4.69) is 26.6 Å². The van der Waals surface area contributed by atoms with E-state index in [0.717, 1.165) is 17.9 Å². The van der Waals surface area contributed by atoms with Gasteiger partial charge in [0.05, 0.1) is 17.9 Å². The van der Waals surface area contributed by atoms with Crippen LogP contribution in [0.4, 0.5) is 4.39 Å². The maximum Gasteiger partial charge on any atom is 0.192 e. The first-order chi connectivity index (χ1) is 11.2. The van der Waals surface area contributed by atoms with Crippen LogP contribution < -0.4 is 10.6 Å². The third-order valence-electron chi connectivity index (χ3n) is 3.08. The van der Waals surface area contributed by atoms with Gasteiger partial charge in [-0.15, -0.1) is 30.4 Å². The van der Waals surface area contributed by atoms with Gasteiger partial charge in [0.2, 0.25) is 0 Å². The fourth-order valence-electron chi connectivity index (χ4n) is 1.99. The zero-order valence-corrected chi connectivity index (χ0v) is 15.8. The molecule has 0 bridgehead atoms. The molecule has 1 aromatic carbocycles. The highest BCUT2D eigenvalue weighted by atomic mass is 127. The maximum atomic E-state index is 12.9. The molecule has 7 heteroatoms. The standard InChI is InChI=1S/C17H20FN5.HI/c1-3-11-20-17(19-4-2)21-12-9-15-10-13-23(22-15)16-7-5-14(18)6-8-16;/h1,5-8,10,13H,4,9,11-12H2,2H3,(H2,19,20,21);1H. The molecule has 24 heavy (non-hydrogen) atoms. The fourth-order valence-corrected chi connectivity index (χ4v) is 1.99. The minimum atomic E-state index is -0.258. The summed E-state index contributed by atoms with van der Waals surface area (Å²) in [5.41, 5.74) is 1.75. The number of terminal acetylenes is 1. The van der Waals surface area contributed by atoms with Gasteiger partial charge in [-0.2, -0.15) is 5.10 Å². The Morgan fingerprint density at radius 1 is 1.29 bits per heavy atom. The molecule has 0 fully saturated rings. The molecule has 2 rings (SSSR count). The summed E-state index contributed by atoms with van der Waals surface area (Å²) in [6.07, 6.45) is 7.79. The zero-order valence-electron chi connectivity index (χ0n) is 13.5. The number of aliphatic imine (C=N–C) groups is 1. The molecule has 0 unspecified atom stereocenters. The lowest BCUT2D eigenvalue weighted by atomic mass is 10.3. The average Bonchev–Trinajstić information content (AvgIpc) is 3.02. The van der Waals surface area contributed by atoms with Crippen LogP contribution in [-0.2, 0) is 6.42 Å². The number of hydrogen-bond acceptors (Lipinski definition) is 2. The summed E-state index contributed by atoms with van der Waals surface area (Å²) >= 11 is 0. The van der Waals surface area contributed by atoms with Gasteiger partial charge in [0.15, 0.2) is 5.96 Å². The van der Waals surface area contributed by atoms with Crippen LogP contribution in [0.5, 0.6) is 0 Å². The normalized spacial score (nSPS) is 10.6. The largest absolute Gasteiger partial charge is 0.357 e. The van der Waals surface area contributed by atoms with Gasteiger partial charge in [0, 0.05) is 25.7 Å². The number of nitrogens with zero attached hydrogens (tertiary/aromatic N) is 3. The summed E-state index contributed by atoms with van der Waals surface area (Å²) in [6, 6.07) is 8.15. The molecular formula is C17H21FIN5. The Morgan fingerprint density at radius 3 is 2.71 bits per heavy atom. The van der Waals surface area contributed by atoms with Crippen molar-refractivity contribution < 1.29 is 4.39 Å². The predicted molar refractivity (Wildman–Crippen MR) is 105 cm³/mol. The maximum absolute atomic E-state index is 12.9. The molecule has 0 saturated carbocycles. The van der Waals surface area contributed by atoms with Gasteiger partial charge in [0.1, 0.15) is 5.82 Å². The summed E-state index contributed by atoms with van der Waals surface area (Å²) < 4.78 is 14.7. The number of rotatable bonds is 6. The molecule has 0 aliphatic heterocycles. The quantitative estimate of drug-likeness (QED) is 0.313. The second-order valence-electron chi connectivity index (χ2n) is 4.80. The Hall–Kier alpha value is -2.08. The number of hydrogen-bond donors (Lipinski definition) is 2. The van der Waals surface area contributed by atoms with Crippen LogP contribution in [0, 0.1) is 18.2 Å². The summed E-state index contributed by atoms with van der Waals surface area (Å²) in [6.45, 7) is 3.80. The van der Waals surface area contributed by atoms with Crippen LogP contribution >= 0.6 is 24.0 Å². The monoisotopic (exact) mass is 441 g/mol. The van der Waals surface area contributed by atoms with Gasteiger partial charge < -0.3 is 10.6 Å². The van der Waals surface area contributed by atoms with Crippen molar-refractivity contribution in [2.45, 2.75) is 13.3 Å². The molecule has 0 saturated heterocycles. The van der Waals surface area contributed by atoms with Gasteiger partial charge in [-0.1, -0.05) is 5.92 Å². The van der Waals surface area contributed by atoms with Crippen LogP contribution in [0.3, 0.4) is 0 Å². The molecule has 1 aromatic heterocycles. The number of benzene rings is 1. The molecule has 5 nitrogen and oxygen atoms in total. The highest BCUT2D eigenvalue weighted by molar-refractivity contribution is 14.0. The Morgan fingerprint density at radius 2 is 2.04 bits per heavy atom. The highest BCUT2D eigenvalue weighted by Crippen LogP contribution is 2.09. The second-order valence-corrected chi connectivity index (χ2v) is 4.80. The Balaban J connectivity index is 0.00000288. The second kappa shape index (κ2) is 10.6. The smallest absolute Gasteiger partial charge is 0.192 e. The lowest BCUT2D eigenvalue weighted by Gasteiger charge is -2.08. The molecule has 0 aliphatic carbocycles. The van der Waals surface area contributed by atoms with Gasteiger partial charge in [-0.3, -0.25) is 4.99 Å². The summed E-state index contributed by atoms with van der Waals surface area (Å²) in [5, 5.41) is 10.6. The number of nitrogens with one attached hydrogen (secondary N) is 2. The summed E-state index contributed by atoms with van der Waals surface area (Å²) in [7, 11) is 0.